The zero-order valence-corrected chi connectivity index (χ0v) is 11.7. The molecule has 0 amide bonds. The molecule has 0 fully saturated rings. The van der Waals surface area contributed by atoms with E-state index in [1.54, 1.807) is 12.1 Å². The molecule has 0 radical (unpaired) electrons. The summed E-state index contributed by atoms with van der Waals surface area (Å²) in [5, 5.41) is 14.0. The van der Waals surface area contributed by atoms with Crippen molar-refractivity contribution in [3.8, 4) is 0 Å². The van der Waals surface area contributed by atoms with Crippen molar-refractivity contribution in [1.29, 1.82) is 0 Å². The van der Waals surface area contributed by atoms with Crippen molar-refractivity contribution in [3.63, 3.8) is 0 Å². The van der Waals surface area contributed by atoms with E-state index in [0.29, 0.717) is 16.8 Å². The summed E-state index contributed by atoms with van der Waals surface area (Å²) in [5.74, 6) is -2.05. The summed E-state index contributed by atoms with van der Waals surface area (Å²) in [6.45, 7) is 1.82. The van der Waals surface area contributed by atoms with Gasteiger partial charge in [0.1, 0.15) is 5.82 Å². The van der Waals surface area contributed by atoms with Gasteiger partial charge in [-0.25, -0.2) is 4.39 Å². The molecular formula is C14H11ClF2N2O2. The van der Waals surface area contributed by atoms with Crippen molar-refractivity contribution in [2.75, 3.05) is 5.32 Å². The van der Waals surface area contributed by atoms with Crippen LogP contribution in [0.15, 0.2) is 30.3 Å². The van der Waals surface area contributed by atoms with Gasteiger partial charge in [0.25, 0.3) is 0 Å². The molecule has 0 spiro atoms. The van der Waals surface area contributed by atoms with Crippen LogP contribution in [-0.2, 0) is 6.54 Å². The van der Waals surface area contributed by atoms with Crippen molar-refractivity contribution in [2.24, 2.45) is 0 Å². The zero-order chi connectivity index (χ0) is 15.6. The molecule has 110 valence electrons. The second kappa shape index (κ2) is 6.05. The third-order valence-electron chi connectivity index (χ3n) is 2.90. The predicted octanol–water partition coefficient (Wildman–Crippen LogP) is 4.45. The fraction of sp³-hybridized carbons (Fsp3) is 0.143. The van der Waals surface area contributed by atoms with Crippen molar-refractivity contribution >= 4 is 23.0 Å². The highest BCUT2D eigenvalue weighted by atomic mass is 35.5. The lowest BCUT2D eigenvalue weighted by molar-refractivity contribution is -0.387. The Labute approximate surface area is 124 Å². The topological polar surface area (TPSA) is 55.2 Å². The first kappa shape index (κ1) is 15.2. The number of nitrogens with zero attached hydrogens (tertiary/aromatic N) is 1. The van der Waals surface area contributed by atoms with Gasteiger partial charge in [0.15, 0.2) is 0 Å². The summed E-state index contributed by atoms with van der Waals surface area (Å²) < 4.78 is 26.9. The van der Waals surface area contributed by atoms with E-state index in [1.165, 1.54) is 0 Å². The molecule has 2 aromatic carbocycles. The highest BCUT2D eigenvalue weighted by molar-refractivity contribution is 6.33. The van der Waals surface area contributed by atoms with Crippen LogP contribution >= 0.6 is 11.6 Å². The third-order valence-corrected chi connectivity index (χ3v) is 3.23. The van der Waals surface area contributed by atoms with Crippen LogP contribution in [0.1, 0.15) is 11.1 Å². The molecule has 0 aliphatic carbocycles. The van der Waals surface area contributed by atoms with Crippen molar-refractivity contribution in [1.82, 2.24) is 0 Å². The number of nitro benzene ring substituents is 1. The van der Waals surface area contributed by atoms with Crippen molar-refractivity contribution in [2.45, 2.75) is 13.5 Å². The summed E-state index contributed by atoms with van der Waals surface area (Å²) in [4.78, 5) is 9.77. The molecule has 21 heavy (non-hydrogen) atoms. The number of nitrogens with one attached hydrogen (secondary N) is 1. The van der Waals surface area contributed by atoms with Gasteiger partial charge in [0.2, 0.25) is 5.82 Å². The monoisotopic (exact) mass is 312 g/mol. The van der Waals surface area contributed by atoms with Gasteiger partial charge in [-0.15, -0.1) is 0 Å². The van der Waals surface area contributed by atoms with Crippen LogP contribution in [0.3, 0.4) is 0 Å². The van der Waals surface area contributed by atoms with E-state index < -0.39 is 22.2 Å². The van der Waals surface area contributed by atoms with Gasteiger partial charge >= 0.3 is 5.69 Å². The molecule has 0 aliphatic rings. The quantitative estimate of drug-likeness (QED) is 0.670. The smallest absolute Gasteiger partial charge is 0.305 e. The maximum Gasteiger partial charge on any atom is 0.305 e. The second-order valence-electron chi connectivity index (χ2n) is 4.49. The Morgan fingerprint density at radius 3 is 2.62 bits per heavy atom. The van der Waals surface area contributed by atoms with Gasteiger partial charge in [0, 0.05) is 24.2 Å². The van der Waals surface area contributed by atoms with Crippen LogP contribution in [-0.4, -0.2) is 4.92 Å². The maximum absolute atomic E-state index is 13.6. The van der Waals surface area contributed by atoms with Gasteiger partial charge < -0.3 is 5.32 Å². The highest BCUT2D eigenvalue weighted by Crippen LogP contribution is 2.25. The number of hydrogen-bond donors (Lipinski definition) is 1. The van der Waals surface area contributed by atoms with E-state index >= 15 is 0 Å². The molecule has 0 aliphatic heterocycles. The van der Waals surface area contributed by atoms with Crippen LogP contribution in [0.25, 0.3) is 0 Å². The van der Waals surface area contributed by atoms with E-state index in [1.807, 2.05) is 13.0 Å². The summed E-state index contributed by atoms with van der Waals surface area (Å²) in [6, 6.07) is 6.64. The van der Waals surface area contributed by atoms with E-state index in [-0.39, 0.29) is 12.1 Å². The molecule has 4 nitrogen and oxygen atoms in total. The molecule has 1 N–H and O–H groups in total. The standard InChI is InChI=1S/C14H11ClF2N2O2/c1-8-2-3-10(15)13(4-8)18-7-9-5-14(19(20)21)12(17)6-11(9)16/h2-6,18H,7H2,1H3. The molecule has 0 unspecified atom stereocenters. The molecule has 0 bridgehead atoms. The molecule has 0 saturated heterocycles. The first-order valence-electron chi connectivity index (χ1n) is 6.01. The molecule has 2 rings (SSSR count). The van der Waals surface area contributed by atoms with Crippen molar-refractivity contribution in [3.05, 3.63) is 68.2 Å². The van der Waals surface area contributed by atoms with E-state index in [2.05, 4.69) is 5.32 Å². The van der Waals surface area contributed by atoms with Crippen LogP contribution in [0, 0.1) is 28.7 Å². The summed E-state index contributed by atoms with van der Waals surface area (Å²) in [7, 11) is 0. The van der Waals surface area contributed by atoms with Crippen LogP contribution in [0.2, 0.25) is 5.02 Å². The first-order chi connectivity index (χ1) is 9.88. The minimum atomic E-state index is -1.20. The lowest BCUT2D eigenvalue weighted by Gasteiger charge is -2.10. The Kier molecular flexibility index (Phi) is 4.37. The van der Waals surface area contributed by atoms with Crippen LogP contribution in [0.5, 0.6) is 0 Å². The highest BCUT2D eigenvalue weighted by Gasteiger charge is 2.18. The number of hydrogen-bond acceptors (Lipinski definition) is 3. The summed E-state index contributed by atoms with van der Waals surface area (Å²) in [5.41, 5.74) is 0.750. The lowest BCUT2D eigenvalue weighted by Crippen LogP contribution is -2.05. The van der Waals surface area contributed by atoms with E-state index in [4.69, 9.17) is 11.6 Å². The Morgan fingerprint density at radius 1 is 1.24 bits per heavy atom. The van der Waals surface area contributed by atoms with Gasteiger partial charge in [0.05, 0.1) is 15.6 Å². The minimum absolute atomic E-state index is 0.0133. The first-order valence-corrected chi connectivity index (χ1v) is 6.38. The SMILES string of the molecule is Cc1ccc(Cl)c(NCc2cc([N+](=O)[O-])c(F)cc2F)c1. The molecule has 0 atom stereocenters. The fourth-order valence-electron chi connectivity index (χ4n) is 1.82. The Morgan fingerprint density at radius 2 is 1.95 bits per heavy atom. The van der Waals surface area contributed by atoms with Crippen LogP contribution in [0.4, 0.5) is 20.2 Å². The zero-order valence-electron chi connectivity index (χ0n) is 11.0. The van der Waals surface area contributed by atoms with Gasteiger partial charge in [-0.2, -0.15) is 4.39 Å². The molecule has 7 heteroatoms. The number of halogens is 3. The second-order valence-corrected chi connectivity index (χ2v) is 4.90. The van der Waals surface area contributed by atoms with Gasteiger partial charge in [-0.3, -0.25) is 10.1 Å². The largest absolute Gasteiger partial charge is 0.380 e. The number of nitro groups is 1. The normalized spacial score (nSPS) is 10.5. The number of benzene rings is 2. The Bertz CT molecular complexity index is 708. The van der Waals surface area contributed by atoms with E-state index in [9.17, 15) is 18.9 Å². The molecule has 0 saturated carbocycles. The van der Waals surface area contributed by atoms with Crippen LogP contribution < -0.4 is 5.32 Å². The Balaban J connectivity index is 2.25. The summed E-state index contributed by atoms with van der Waals surface area (Å²) in [6.07, 6.45) is 0. The molecular weight excluding hydrogens is 302 g/mol. The maximum atomic E-state index is 13.6. The third kappa shape index (κ3) is 3.46. The number of aryl methyl sites for hydroxylation is 1. The minimum Gasteiger partial charge on any atom is -0.380 e. The molecule has 0 heterocycles. The lowest BCUT2D eigenvalue weighted by atomic mass is 10.1. The summed E-state index contributed by atoms with van der Waals surface area (Å²) >= 11 is 5.98. The Hall–Kier alpha value is -2.21. The average Bonchev–Trinajstić information content (AvgIpc) is 2.41. The molecule has 2 aromatic rings. The predicted molar refractivity (Wildman–Crippen MR) is 76.5 cm³/mol. The van der Waals surface area contributed by atoms with Gasteiger partial charge in [-0.05, 0) is 24.6 Å². The number of rotatable bonds is 4. The average molecular weight is 313 g/mol. The number of anilines is 1. The van der Waals surface area contributed by atoms with Crippen molar-refractivity contribution < 1.29 is 13.7 Å². The molecule has 0 aromatic heterocycles. The fourth-order valence-corrected chi connectivity index (χ4v) is 2.01. The van der Waals surface area contributed by atoms with E-state index in [0.717, 1.165) is 11.6 Å². The van der Waals surface area contributed by atoms with Gasteiger partial charge in [-0.1, -0.05) is 17.7 Å².